The Morgan fingerprint density at radius 3 is 2.28 bits per heavy atom. The number of non-ortho nitro benzene ring substituents is 1. The molecule has 3 aromatic carbocycles. The average molecular weight is 540 g/mol. The van der Waals surface area contributed by atoms with Gasteiger partial charge in [0.25, 0.3) is 5.69 Å². The molecule has 0 aliphatic rings. The smallest absolute Gasteiger partial charge is 0.269 e. The van der Waals surface area contributed by atoms with Gasteiger partial charge in [-0.05, 0) is 47.5 Å². The maximum absolute atomic E-state index is 12.4. The van der Waals surface area contributed by atoms with Crippen LogP contribution in [0.3, 0.4) is 0 Å². The summed E-state index contributed by atoms with van der Waals surface area (Å²) in [6, 6.07) is 19.0. The number of rotatable bonds is 8. The standard InChI is InChI=1S/C21H19ClN4O4S.BrH/c22-18-6-4-17(5-7-18)21(23)24-13-15-2-1-3-16(12-15)14-25-31(29,30)20-10-8-19(9-11-20)26(27)28;/h1-12,25H,13-14H2,(H2,23,24);1H. The van der Waals surface area contributed by atoms with E-state index in [1.807, 2.05) is 12.1 Å². The van der Waals surface area contributed by atoms with Crippen LogP contribution in [-0.4, -0.2) is 19.2 Å². The summed E-state index contributed by atoms with van der Waals surface area (Å²) < 4.78 is 27.4. The van der Waals surface area contributed by atoms with Gasteiger partial charge in [0.15, 0.2) is 0 Å². The molecule has 0 unspecified atom stereocenters. The molecule has 32 heavy (non-hydrogen) atoms. The van der Waals surface area contributed by atoms with E-state index in [1.54, 1.807) is 36.4 Å². The summed E-state index contributed by atoms with van der Waals surface area (Å²) in [4.78, 5) is 14.5. The van der Waals surface area contributed by atoms with Crippen LogP contribution in [0.15, 0.2) is 82.7 Å². The summed E-state index contributed by atoms with van der Waals surface area (Å²) in [5.74, 6) is 0.376. The third-order valence-corrected chi connectivity index (χ3v) is 6.06. The third kappa shape index (κ3) is 6.86. The molecule has 3 N–H and O–H groups in total. The zero-order chi connectivity index (χ0) is 22.4. The Hall–Kier alpha value is -2.79. The van der Waals surface area contributed by atoms with Crippen LogP contribution in [0.25, 0.3) is 0 Å². The molecule has 0 heterocycles. The number of nitrogens with two attached hydrogens (primary N) is 1. The minimum absolute atomic E-state index is 0. The summed E-state index contributed by atoms with van der Waals surface area (Å²) >= 11 is 5.87. The fourth-order valence-electron chi connectivity index (χ4n) is 2.74. The van der Waals surface area contributed by atoms with Crippen molar-refractivity contribution in [1.82, 2.24) is 4.72 Å². The number of nitro groups is 1. The zero-order valence-corrected chi connectivity index (χ0v) is 19.9. The normalized spacial score (nSPS) is 11.6. The fraction of sp³-hybridized carbons (Fsp3) is 0.0952. The molecule has 3 rings (SSSR count). The number of nitrogens with zero attached hydrogens (tertiary/aromatic N) is 2. The molecule has 3 aromatic rings. The predicted octanol–water partition coefficient (Wildman–Crippen LogP) is 4.21. The van der Waals surface area contributed by atoms with Crippen molar-refractivity contribution in [2.45, 2.75) is 18.0 Å². The summed E-state index contributed by atoms with van der Waals surface area (Å²) in [5.41, 5.74) is 8.20. The first-order valence-corrected chi connectivity index (χ1v) is 11.0. The summed E-state index contributed by atoms with van der Waals surface area (Å²) in [5, 5.41) is 11.3. The molecule has 0 saturated carbocycles. The lowest BCUT2D eigenvalue weighted by atomic mass is 10.1. The van der Waals surface area contributed by atoms with Gasteiger partial charge in [-0.1, -0.05) is 35.9 Å². The molecule has 0 amide bonds. The highest BCUT2D eigenvalue weighted by Crippen LogP contribution is 2.16. The van der Waals surface area contributed by atoms with Crippen LogP contribution in [0.1, 0.15) is 16.7 Å². The van der Waals surface area contributed by atoms with E-state index in [1.165, 1.54) is 12.1 Å². The molecule has 0 aliphatic carbocycles. The predicted molar refractivity (Wildman–Crippen MR) is 130 cm³/mol. The number of nitrogens with one attached hydrogen (secondary N) is 1. The molecule has 0 atom stereocenters. The number of aliphatic imine (C=N–C) groups is 1. The van der Waals surface area contributed by atoms with E-state index >= 15 is 0 Å². The van der Waals surface area contributed by atoms with Gasteiger partial charge in [0, 0.05) is 29.3 Å². The first-order chi connectivity index (χ1) is 14.7. The van der Waals surface area contributed by atoms with E-state index in [2.05, 4.69) is 9.71 Å². The second-order valence-corrected chi connectivity index (χ2v) is 8.81. The SMILES string of the molecule is Br.NC(=NCc1cccc(CNS(=O)(=O)c2ccc([N+](=O)[O-])cc2)c1)c1ccc(Cl)cc1. The van der Waals surface area contributed by atoms with E-state index in [-0.39, 0.29) is 34.1 Å². The summed E-state index contributed by atoms with van der Waals surface area (Å²) in [6.45, 7) is 0.390. The highest BCUT2D eigenvalue weighted by Gasteiger charge is 2.15. The molecule has 0 radical (unpaired) electrons. The quantitative estimate of drug-likeness (QED) is 0.192. The maximum Gasteiger partial charge on any atom is 0.269 e. The molecule has 8 nitrogen and oxygen atoms in total. The second kappa shape index (κ2) is 11.2. The summed E-state index contributed by atoms with van der Waals surface area (Å²) in [7, 11) is -3.81. The molecule has 0 aromatic heterocycles. The Labute approximate surface area is 201 Å². The molecular formula is C21H20BrClN4O4S. The average Bonchev–Trinajstić information content (AvgIpc) is 2.77. The number of nitro benzene ring substituents is 1. The van der Waals surface area contributed by atoms with Crippen LogP contribution in [0.4, 0.5) is 5.69 Å². The van der Waals surface area contributed by atoms with Gasteiger partial charge in [-0.2, -0.15) is 0 Å². The highest BCUT2D eigenvalue weighted by molar-refractivity contribution is 8.93. The molecule has 168 valence electrons. The first kappa shape index (κ1) is 25.5. The Bertz CT molecular complexity index is 1220. The van der Waals surface area contributed by atoms with E-state index in [0.717, 1.165) is 28.8 Å². The van der Waals surface area contributed by atoms with Crippen molar-refractivity contribution >= 4 is 50.1 Å². The number of hydrogen-bond donors (Lipinski definition) is 2. The van der Waals surface area contributed by atoms with Crippen molar-refractivity contribution < 1.29 is 13.3 Å². The van der Waals surface area contributed by atoms with Gasteiger partial charge < -0.3 is 5.73 Å². The fourth-order valence-corrected chi connectivity index (χ4v) is 3.88. The Balaban J connectivity index is 0.00000363. The molecule has 0 spiro atoms. The van der Waals surface area contributed by atoms with E-state index in [9.17, 15) is 18.5 Å². The van der Waals surface area contributed by atoms with E-state index in [0.29, 0.717) is 17.4 Å². The van der Waals surface area contributed by atoms with Gasteiger partial charge >= 0.3 is 0 Å². The third-order valence-electron chi connectivity index (χ3n) is 4.39. The number of hydrogen-bond acceptors (Lipinski definition) is 5. The van der Waals surface area contributed by atoms with E-state index in [4.69, 9.17) is 17.3 Å². The van der Waals surface area contributed by atoms with Gasteiger partial charge in [-0.15, -0.1) is 17.0 Å². The number of benzene rings is 3. The highest BCUT2D eigenvalue weighted by atomic mass is 79.9. The van der Waals surface area contributed by atoms with Gasteiger partial charge in [0.2, 0.25) is 10.0 Å². The van der Waals surface area contributed by atoms with Gasteiger partial charge in [0.05, 0.1) is 16.4 Å². The van der Waals surface area contributed by atoms with Crippen LogP contribution in [0, 0.1) is 10.1 Å². The molecule has 0 fully saturated rings. The van der Waals surface area contributed by atoms with E-state index < -0.39 is 14.9 Å². The van der Waals surface area contributed by atoms with Crippen molar-refractivity contribution in [2.24, 2.45) is 10.7 Å². The minimum Gasteiger partial charge on any atom is -0.383 e. The maximum atomic E-state index is 12.4. The second-order valence-electron chi connectivity index (χ2n) is 6.60. The topological polar surface area (TPSA) is 128 Å². The Morgan fingerprint density at radius 1 is 1.03 bits per heavy atom. The van der Waals surface area contributed by atoms with Gasteiger partial charge in [-0.3, -0.25) is 15.1 Å². The molecule has 0 bridgehead atoms. The van der Waals surface area contributed by atoms with Crippen LogP contribution >= 0.6 is 28.6 Å². The first-order valence-electron chi connectivity index (χ1n) is 9.12. The van der Waals surface area contributed by atoms with Crippen molar-refractivity contribution in [3.8, 4) is 0 Å². The lowest BCUT2D eigenvalue weighted by molar-refractivity contribution is -0.384. The lowest BCUT2D eigenvalue weighted by Gasteiger charge is -2.08. The van der Waals surface area contributed by atoms with Crippen LogP contribution in [0.2, 0.25) is 5.02 Å². The monoisotopic (exact) mass is 538 g/mol. The number of sulfonamides is 1. The molecular weight excluding hydrogens is 520 g/mol. The van der Waals surface area contributed by atoms with Crippen LogP contribution in [-0.2, 0) is 23.1 Å². The minimum atomic E-state index is -3.81. The van der Waals surface area contributed by atoms with Crippen LogP contribution in [0.5, 0.6) is 0 Å². The van der Waals surface area contributed by atoms with Crippen molar-refractivity contribution in [2.75, 3.05) is 0 Å². The Kier molecular flexibility index (Phi) is 8.90. The molecule has 11 heteroatoms. The number of amidine groups is 1. The van der Waals surface area contributed by atoms with Crippen molar-refractivity contribution in [1.29, 1.82) is 0 Å². The largest absolute Gasteiger partial charge is 0.383 e. The Morgan fingerprint density at radius 2 is 1.66 bits per heavy atom. The molecule has 0 aliphatic heterocycles. The zero-order valence-electron chi connectivity index (χ0n) is 16.6. The van der Waals surface area contributed by atoms with Crippen molar-refractivity contribution in [3.63, 3.8) is 0 Å². The van der Waals surface area contributed by atoms with Gasteiger partial charge in [0.1, 0.15) is 5.84 Å². The lowest BCUT2D eigenvalue weighted by Crippen LogP contribution is -2.23. The van der Waals surface area contributed by atoms with Crippen LogP contribution < -0.4 is 10.5 Å². The van der Waals surface area contributed by atoms with Crippen molar-refractivity contribution in [3.05, 3.63) is 105 Å². The van der Waals surface area contributed by atoms with Gasteiger partial charge in [-0.25, -0.2) is 13.1 Å². The molecule has 0 saturated heterocycles. The number of halogens is 2. The summed E-state index contributed by atoms with van der Waals surface area (Å²) in [6.07, 6.45) is 0.